The van der Waals surface area contributed by atoms with E-state index in [1.807, 2.05) is 25.1 Å². The number of aliphatic hydroxyl groups is 1. The minimum atomic E-state index is -0.420. The Balaban J connectivity index is 1.49. The number of hydrogen-bond acceptors (Lipinski definition) is 4. The largest absolute Gasteiger partial charge is 0.391 e. The van der Waals surface area contributed by atoms with Gasteiger partial charge in [0, 0.05) is 48.4 Å². The Kier molecular flexibility index (Phi) is 6.46. The third-order valence-corrected chi connectivity index (χ3v) is 5.50. The summed E-state index contributed by atoms with van der Waals surface area (Å²) in [6.07, 6.45) is 1.04. The maximum Gasteiger partial charge on any atom is 0.150 e. The molecule has 0 aliphatic carbocycles. The number of aliphatic hydroxyl groups excluding tert-OH is 1. The van der Waals surface area contributed by atoms with Crippen LogP contribution >= 0.6 is 15.9 Å². The van der Waals surface area contributed by atoms with Crippen LogP contribution in [-0.4, -0.2) is 55.1 Å². The molecule has 0 aromatic heterocycles. The normalized spacial score (nSPS) is 16.5. The predicted molar refractivity (Wildman–Crippen MR) is 109 cm³/mol. The number of nitrogens with zero attached hydrogens (tertiary/aromatic N) is 2. The van der Waals surface area contributed by atoms with Gasteiger partial charge >= 0.3 is 0 Å². The van der Waals surface area contributed by atoms with Crippen molar-refractivity contribution in [2.75, 3.05) is 37.6 Å². The molecule has 1 N–H and O–H groups in total. The molecule has 138 valence electrons. The number of piperazine rings is 1. The second-order valence-corrected chi connectivity index (χ2v) is 7.85. The van der Waals surface area contributed by atoms with Crippen molar-refractivity contribution in [3.8, 4) is 0 Å². The summed E-state index contributed by atoms with van der Waals surface area (Å²) in [6.45, 7) is 6.41. The molecule has 5 heteroatoms. The fourth-order valence-corrected chi connectivity index (χ4v) is 3.68. The van der Waals surface area contributed by atoms with E-state index in [1.165, 1.54) is 5.69 Å². The highest BCUT2D eigenvalue weighted by Crippen LogP contribution is 2.20. The maximum absolute atomic E-state index is 11.1. The van der Waals surface area contributed by atoms with Crippen molar-refractivity contribution >= 4 is 27.9 Å². The standard InChI is InChI=1S/C21H25BrN2O2/c1-16-2-3-17(12-18(16)15-25)13-21(26)14-23-8-10-24(11-9-23)20-6-4-19(22)5-7-20/h2-7,12,15,21,26H,8-11,13-14H2,1H3. The molecule has 2 aromatic carbocycles. The number of halogens is 1. The van der Waals surface area contributed by atoms with Gasteiger partial charge in [0.2, 0.25) is 0 Å². The summed E-state index contributed by atoms with van der Waals surface area (Å²) < 4.78 is 1.09. The lowest BCUT2D eigenvalue weighted by atomic mass is 10.0. The smallest absolute Gasteiger partial charge is 0.150 e. The molecule has 2 aromatic rings. The van der Waals surface area contributed by atoms with Gasteiger partial charge in [0.15, 0.2) is 0 Å². The van der Waals surface area contributed by atoms with Crippen LogP contribution in [0, 0.1) is 6.92 Å². The van der Waals surface area contributed by atoms with Gasteiger partial charge < -0.3 is 10.0 Å². The van der Waals surface area contributed by atoms with Crippen molar-refractivity contribution in [3.63, 3.8) is 0 Å². The van der Waals surface area contributed by atoms with E-state index < -0.39 is 6.10 Å². The first-order valence-corrected chi connectivity index (χ1v) is 9.80. The van der Waals surface area contributed by atoms with E-state index in [1.54, 1.807) is 0 Å². The molecule has 1 aliphatic heterocycles. The third kappa shape index (κ3) is 4.93. The first-order valence-electron chi connectivity index (χ1n) is 9.01. The Labute approximate surface area is 163 Å². The molecule has 0 bridgehead atoms. The molecular formula is C21H25BrN2O2. The second kappa shape index (κ2) is 8.80. The lowest BCUT2D eigenvalue weighted by Crippen LogP contribution is -2.48. The molecule has 1 aliphatic rings. The molecule has 26 heavy (non-hydrogen) atoms. The van der Waals surface area contributed by atoms with E-state index in [0.717, 1.165) is 48.1 Å². The lowest BCUT2D eigenvalue weighted by molar-refractivity contribution is 0.108. The van der Waals surface area contributed by atoms with Gasteiger partial charge in [-0.2, -0.15) is 0 Å². The summed E-state index contributed by atoms with van der Waals surface area (Å²) in [5, 5.41) is 10.5. The zero-order chi connectivity index (χ0) is 18.5. The Morgan fingerprint density at radius 3 is 2.46 bits per heavy atom. The maximum atomic E-state index is 11.1. The summed E-state index contributed by atoms with van der Waals surface area (Å²) in [5.41, 5.74) is 3.94. The van der Waals surface area contributed by atoms with Crippen molar-refractivity contribution in [3.05, 3.63) is 63.6 Å². The summed E-state index contributed by atoms with van der Waals surface area (Å²) in [4.78, 5) is 15.8. The SMILES string of the molecule is Cc1ccc(CC(O)CN2CCN(c3ccc(Br)cc3)CC2)cc1C=O. The van der Waals surface area contributed by atoms with Crippen LogP contribution in [0.4, 0.5) is 5.69 Å². The van der Waals surface area contributed by atoms with Crippen molar-refractivity contribution in [2.45, 2.75) is 19.4 Å². The average molecular weight is 417 g/mol. The fraction of sp³-hybridized carbons (Fsp3) is 0.381. The van der Waals surface area contributed by atoms with Gasteiger partial charge in [-0.05, 0) is 54.8 Å². The highest BCUT2D eigenvalue weighted by atomic mass is 79.9. The van der Waals surface area contributed by atoms with Crippen molar-refractivity contribution in [2.24, 2.45) is 0 Å². The number of carbonyl (C=O) groups is 1. The number of benzene rings is 2. The molecule has 1 heterocycles. The number of rotatable bonds is 6. The Morgan fingerprint density at radius 2 is 1.81 bits per heavy atom. The number of aldehydes is 1. The van der Waals surface area contributed by atoms with Crippen LogP contribution in [0.3, 0.4) is 0 Å². The second-order valence-electron chi connectivity index (χ2n) is 6.93. The van der Waals surface area contributed by atoms with Crippen LogP contribution < -0.4 is 4.90 Å². The number of aryl methyl sites for hydroxylation is 1. The van der Waals surface area contributed by atoms with Gasteiger partial charge in [-0.3, -0.25) is 9.69 Å². The summed E-state index contributed by atoms with van der Waals surface area (Å²) in [6, 6.07) is 14.2. The van der Waals surface area contributed by atoms with Crippen LogP contribution in [0.1, 0.15) is 21.5 Å². The fourth-order valence-electron chi connectivity index (χ4n) is 3.42. The van der Waals surface area contributed by atoms with Gasteiger partial charge in [-0.15, -0.1) is 0 Å². The van der Waals surface area contributed by atoms with Crippen LogP contribution in [0.15, 0.2) is 46.9 Å². The van der Waals surface area contributed by atoms with Gasteiger partial charge in [0.25, 0.3) is 0 Å². The topological polar surface area (TPSA) is 43.8 Å². The number of β-amino-alcohol motifs (C(OH)–C–C–N with tert-alkyl or cyclic N) is 1. The molecule has 1 fully saturated rings. The van der Waals surface area contributed by atoms with Crippen molar-refractivity contribution in [1.29, 1.82) is 0 Å². The Hall–Kier alpha value is -1.69. The highest BCUT2D eigenvalue weighted by Gasteiger charge is 2.19. The minimum Gasteiger partial charge on any atom is -0.391 e. The first-order chi connectivity index (χ1) is 12.5. The average Bonchev–Trinajstić information content (AvgIpc) is 2.64. The lowest BCUT2D eigenvalue weighted by Gasteiger charge is -2.37. The van der Waals surface area contributed by atoms with Gasteiger partial charge in [0.1, 0.15) is 6.29 Å². The van der Waals surface area contributed by atoms with Gasteiger partial charge in [-0.25, -0.2) is 0 Å². The van der Waals surface area contributed by atoms with E-state index in [9.17, 15) is 9.90 Å². The van der Waals surface area contributed by atoms with Gasteiger partial charge in [0.05, 0.1) is 6.10 Å². The molecule has 0 radical (unpaired) electrons. The molecule has 0 saturated carbocycles. The van der Waals surface area contributed by atoms with Crippen molar-refractivity contribution in [1.82, 2.24) is 4.90 Å². The number of hydrogen-bond donors (Lipinski definition) is 1. The molecule has 1 unspecified atom stereocenters. The molecule has 0 spiro atoms. The summed E-state index contributed by atoms with van der Waals surface area (Å²) >= 11 is 3.47. The molecule has 4 nitrogen and oxygen atoms in total. The zero-order valence-electron chi connectivity index (χ0n) is 15.1. The van der Waals surface area contributed by atoms with Crippen molar-refractivity contribution < 1.29 is 9.90 Å². The highest BCUT2D eigenvalue weighted by molar-refractivity contribution is 9.10. The Morgan fingerprint density at radius 1 is 1.12 bits per heavy atom. The molecular weight excluding hydrogens is 392 g/mol. The van der Waals surface area contributed by atoms with Gasteiger partial charge in [-0.1, -0.05) is 28.1 Å². The molecule has 1 saturated heterocycles. The quantitative estimate of drug-likeness (QED) is 0.733. The van der Waals surface area contributed by atoms with E-state index in [0.29, 0.717) is 18.5 Å². The number of anilines is 1. The van der Waals surface area contributed by atoms with E-state index >= 15 is 0 Å². The molecule has 1 atom stereocenters. The van der Waals surface area contributed by atoms with E-state index in [-0.39, 0.29) is 0 Å². The minimum absolute atomic E-state index is 0.420. The van der Waals surface area contributed by atoms with Crippen LogP contribution in [0.25, 0.3) is 0 Å². The molecule has 3 rings (SSSR count). The monoisotopic (exact) mass is 416 g/mol. The number of carbonyl (C=O) groups excluding carboxylic acids is 1. The Bertz CT molecular complexity index is 740. The third-order valence-electron chi connectivity index (χ3n) is 4.97. The van der Waals surface area contributed by atoms with Crippen LogP contribution in [-0.2, 0) is 6.42 Å². The van der Waals surface area contributed by atoms with Crippen LogP contribution in [0.2, 0.25) is 0 Å². The predicted octanol–water partition coefficient (Wildman–Crippen LogP) is 3.30. The first kappa shape index (κ1) is 19.1. The summed E-state index contributed by atoms with van der Waals surface area (Å²) in [5.74, 6) is 0. The molecule has 0 amide bonds. The van der Waals surface area contributed by atoms with Crippen LogP contribution in [0.5, 0.6) is 0 Å². The van der Waals surface area contributed by atoms with E-state index in [2.05, 4.69) is 50.0 Å². The van der Waals surface area contributed by atoms with E-state index in [4.69, 9.17) is 0 Å². The zero-order valence-corrected chi connectivity index (χ0v) is 16.7. The summed E-state index contributed by atoms with van der Waals surface area (Å²) in [7, 11) is 0.